The van der Waals surface area contributed by atoms with Crippen LogP contribution >= 0.6 is 45.3 Å². The van der Waals surface area contributed by atoms with Crippen molar-refractivity contribution in [3.05, 3.63) is 114 Å². The van der Waals surface area contributed by atoms with Crippen LogP contribution in [0.4, 0.5) is 26.3 Å². The molecule has 0 atom stereocenters. The molecule has 10 heteroatoms. The highest BCUT2D eigenvalue weighted by Crippen LogP contribution is 2.63. The summed E-state index contributed by atoms with van der Waals surface area (Å²) in [4.78, 5) is 8.74. The van der Waals surface area contributed by atoms with Crippen molar-refractivity contribution < 1.29 is 26.3 Å². The SMILES string of the molecule is CCCCCCCCCCCCCCCCC1(CCCCCCCCCCCCCCCC)c2cc(C)sc2-c2sc(-c3c(F)c(F)c(C)c(F)c3F)cc21.CCCCCCCCCCCCCCCCC1(CCCCCCCCCCCCCCCC)c2cc(C)sc2-c2sc(-c3ccc(C)c(F)c3F)cc21. The Kier molecular flexibility index (Phi) is 44.6. The van der Waals surface area contributed by atoms with E-state index in [1.165, 1.54) is 412 Å². The number of halogens is 6. The molecule has 2 aromatic carbocycles. The average molecular weight is 1570 g/mol. The van der Waals surface area contributed by atoms with Crippen molar-refractivity contribution in [3.63, 3.8) is 0 Å². The highest BCUT2D eigenvalue weighted by Gasteiger charge is 2.47. The lowest BCUT2D eigenvalue weighted by Crippen LogP contribution is -2.25. The van der Waals surface area contributed by atoms with Crippen LogP contribution in [0.5, 0.6) is 0 Å². The number of benzene rings is 2. The summed E-state index contributed by atoms with van der Waals surface area (Å²) in [5.41, 5.74) is 4.83. The lowest BCUT2D eigenvalue weighted by atomic mass is 9.71. The van der Waals surface area contributed by atoms with Crippen LogP contribution in [0.1, 0.15) is 456 Å². The number of rotatable bonds is 62. The zero-order valence-electron chi connectivity index (χ0n) is 69.8. The molecule has 4 heterocycles. The molecule has 0 nitrogen and oxygen atoms in total. The lowest BCUT2D eigenvalue weighted by Gasteiger charge is -2.31. The number of unbranched alkanes of at least 4 members (excludes halogenated alkanes) is 52. The monoisotopic (exact) mass is 1570 g/mol. The Morgan fingerprint density at radius 3 is 0.750 bits per heavy atom. The topological polar surface area (TPSA) is 0 Å². The van der Waals surface area contributed by atoms with Gasteiger partial charge in [0.1, 0.15) is 0 Å². The van der Waals surface area contributed by atoms with Crippen LogP contribution in [0.3, 0.4) is 0 Å². The molecular weight excluding hydrogens is 1420 g/mol. The van der Waals surface area contributed by atoms with Crippen LogP contribution in [-0.2, 0) is 10.8 Å². The van der Waals surface area contributed by atoms with Gasteiger partial charge in [-0.15, -0.1) is 45.3 Å². The maximum absolute atomic E-state index is 15.4. The van der Waals surface area contributed by atoms with Crippen molar-refractivity contribution in [2.24, 2.45) is 0 Å². The molecule has 0 fully saturated rings. The van der Waals surface area contributed by atoms with Crippen LogP contribution in [0.25, 0.3) is 40.4 Å². The smallest absolute Gasteiger partial charge is 0.170 e. The summed E-state index contributed by atoms with van der Waals surface area (Å²) in [5.74, 6) is -6.58. The first-order valence-corrected chi connectivity index (χ1v) is 48.7. The van der Waals surface area contributed by atoms with E-state index in [4.69, 9.17) is 0 Å². The molecule has 0 radical (unpaired) electrons. The zero-order chi connectivity index (χ0) is 77.2. The number of aryl methyl sites for hydroxylation is 3. The van der Waals surface area contributed by atoms with Gasteiger partial charge in [0.25, 0.3) is 0 Å². The van der Waals surface area contributed by atoms with Crippen LogP contribution in [0, 0.1) is 62.6 Å². The quantitative estimate of drug-likeness (QED) is 0.0203. The Hall–Kier alpha value is -3.18. The summed E-state index contributed by atoms with van der Waals surface area (Å²) < 4.78 is 90.4. The third kappa shape index (κ3) is 28.4. The van der Waals surface area contributed by atoms with Gasteiger partial charge in [-0.2, -0.15) is 0 Å². The minimum atomic E-state index is -1.30. The van der Waals surface area contributed by atoms with Gasteiger partial charge in [-0.25, -0.2) is 26.3 Å². The summed E-state index contributed by atoms with van der Waals surface area (Å²) >= 11 is 6.66. The number of hydrogen-bond acceptors (Lipinski definition) is 4. The maximum atomic E-state index is 15.4. The van der Waals surface area contributed by atoms with Crippen molar-refractivity contribution in [2.45, 2.75) is 451 Å². The van der Waals surface area contributed by atoms with Crippen molar-refractivity contribution in [3.8, 4) is 40.4 Å². The highest BCUT2D eigenvalue weighted by atomic mass is 32.1. The molecule has 8 rings (SSSR count). The summed E-state index contributed by atoms with van der Waals surface area (Å²) in [6.07, 6.45) is 79.7. The normalized spacial score (nSPS) is 13.2. The second kappa shape index (κ2) is 52.3. The van der Waals surface area contributed by atoms with E-state index in [-0.39, 0.29) is 10.8 Å². The van der Waals surface area contributed by atoms with E-state index in [2.05, 4.69) is 59.7 Å². The van der Waals surface area contributed by atoms with Gasteiger partial charge in [-0.05, 0) is 105 Å². The molecule has 2 aliphatic carbocycles. The summed E-state index contributed by atoms with van der Waals surface area (Å²) in [7, 11) is 0. The Morgan fingerprint density at radius 1 is 0.241 bits per heavy atom. The third-order valence-corrected chi connectivity index (χ3v) is 29.5. The van der Waals surface area contributed by atoms with Crippen molar-refractivity contribution in [2.75, 3.05) is 0 Å². The molecule has 0 aliphatic heterocycles. The molecule has 0 amide bonds. The Balaban J connectivity index is 0.000000301. The van der Waals surface area contributed by atoms with E-state index in [9.17, 15) is 13.2 Å². The predicted octanol–water partition coefficient (Wildman–Crippen LogP) is 37.0. The maximum Gasteiger partial charge on any atom is 0.170 e. The molecule has 0 bridgehead atoms. The Morgan fingerprint density at radius 2 is 0.472 bits per heavy atom. The van der Waals surface area contributed by atoms with Crippen molar-refractivity contribution >= 4 is 45.3 Å². The first-order valence-electron chi connectivity index (χ1n) is 45.5. The average Bonchev–Trinajstić information content (AvgIpc) is 1.55. The van der Waals surface area contributed by atoms with Gasteiger partial charge in [0.15, 0.2) is 34.9 Å². The van der Waals surface area contributed by atoms with Crippen LogP contribution in [0.15, 0.2) is 36.4 Å². The van der Waals surface area contributed by atoms with E-state index in [0.717, 1.165) is 47.9 Å². The van der Waals surface area contributed by atoms with Crippen LogP contribution in [-0.4, -0.2) is 0 Å². The van der Waals surface area contributed by atoms with Gasteiger partial charge in [0.2, 0.25) is 0 Å². The van der Waals surface area contributed by atoms with Gasteiger partial charge < -0.3 is 0 Å². The summed E-state index contributed by atoms with van der Waals surface area (Å²) in [6, 6.07) is 12.5. The summed E-state index contributed by atoms with van der Waals surface area (Å²) in [5, 5.41) is 0. The van der Waals surface area contributed by atoms with Crippen LogP contribution < -0.4 is 0 Å². The van der Waals surface area contributed by atoms with Crippen LogP contribution in [0.2, 0.25) is 0 Å². The zero-order valence-corrected chi connectivity index (χ0v) is 73.1. The molecule has 0 saturated heterocycles. The first-order chi connectivity index (χ1) is 52.7. The fourth-order valence-electron chi connectivity index (χ4n) is 18.1. The standard InChI is InChI=1S/C49H74F4S2.C49H76F2S2/c1-5-7-9-11-13-15-17-19-21-23-25-27-29-31-33-49(34-32-30-28-26-24-22-20-18-16-14-12-10-8-6-2)39-35-37(3)54-47(39)48-40(49)36-41(55-48)42-45(52)43(50)38(4)44(51)46(42)53;1-5-7-9-11-13-15-17-19-21-23-25-27-29-31-35-49(36-32-30-28-26-24-22-20-18-16-14-12-10-8-6-2)42-37-40(4)52-47(42)48-43(49)38-44(53-48)41-34-33-39(3)45(50)46(41)51/h35-36H,5-34H2,1-4H3;33-34,37-38H,5-32,35-36H2,1-4H3. The number of hydrogen-bond donors (Lipinski definition) is 0. The van der Waals surface area contributed by atoms with E-state index >= 15 is 13.2 Å². The van der Waals surface area contributed by atoms with Gasteiger partial charge in [-0.1, -0.05) is 399 Å². The molecule has 0 spiro atoms. The van der Waals surface area contributed by atoms with Crippen molar-refractivity contribution in [1.82, 2.24) is 0 Å². The van der Waals surface area contributed by atoms with Gasteiger partial charge >= 0.3 is 0 Å². The Labute approximate surface area is 673 Å². The highest BCUT2D eigenvalue weighted by molar-refractivity contribution is 7.25. The largest absolute Gasteiger partial charge is 0.203 e. The fraction of sp³-hybridized carbons (Fsp3) is 0.714. The van der Waals surface area contributed by atoms with E-state index in [1.54, 1.807) is 41.7 Å². The minimum Gasteiger partial charge on any atom is -0.203 e. The number of thiophene rings is 4. The van der Waals surface area contributed by atoms with E-state index in [1.807, 2.05) is 17.4 Å². The third-order valence-electron chi connectivity index (χ3n) is 24.7. The van der Waals surface area contributed by atoms with Gasteiger partial charge in [0, 0.05) is 61.0 Å². The van der Waals surface area contributed by atoms with E-state index < -0.39 is 46.0 Å². The predicted molar refractivity (Wildman–Crippen MR) is 466 cm³/mol. The molecule has 2 aliphatic rings. The molecule has 608 valence electrons. The van der Waals surface area contributed by atoms with E-state index in [0.29, 0.717) is 16.0 Å². The second-order valence-electron chi connectivity index (χ2n) is 33.8. The lowest BCUT2D eigenvalue weighted by molar-refractivity contribution is 0.397. The molecule has 0 saturated carbocycles. The second-order valence-corrected chi connectivity index (χ2v) is 38.4. The van der Waals surface area contributed by atoms with Gasteiger partial charge in [-0.3, -0.25) is 0 Å². The first kappa shape index (κ1) is 92.0. The minimum absolute atomic E-state index is 0.00183. The Bertz CT molecular complexity index is 3320. The summed E-state index contributed by atoms with van der Waals surface area (Å²) in [6.45, 7) is 16.3. The molecule has 0 N–H and O–H groups in total. The number of fused-ring (bicyclic) bond motifs is 6. The fourth-order valence-corrected chi connectivity index (χ4v) is 23.2. The molecule has 108 heavy (non-hydrogen) atoms. The molecule has 6 aromatic rings. The molecular formula is C98H150F6S4. The molecule has 4 aromatic heterocycles. The van der Waals surface area contributed by atoms with Gasteiger partial charge in [0.05, 0.1) is 5.56 Å². The van der Waals surface area contributed by atoms with Crippen molar-refractivity contribution in [1.29, 1.82) is 0 Å². The molecule has 0 unspecified atom stereocenters.